The standard InChI is InChI=1S/C34H47ClN4O3/c1-4-5-6-7-8-9-10-11-12-13-14-15-16-17-32(41)37-28-19-20-30(29(35)23-28)38-34(42)33(26(3)40)39-31-21-18-25(2)22-27(31)24-36-39/h18-24,33H,4-17H2,1-3H3,(H,37,41)(H,38,42). The summed E-state index contributed by atoms with van der Waals surface area (Å²) in [6.07, 6.45) is 18.6. The zero-order valence-electron chi connectivity index (χ0n) is 25.5. The predicted octanol–water partition coefficient (Wildman–Crippen LogP) is 9.19. The number of aromatic nitrogens is 2. The topological polar surface area (TPSA) is 93.1 Å². The average Bonchev–Trinajstić information content (AvgIpc) is 3.35. The molecule has 0 saturated heterocycles. The molecule has 8 heteroatoms. The number of rotatable bonds is 19. The number of carbonyl (C=O) groups excluding carboxylic acids is 3. The second kappa shape index (κ2) is 17.7. The SMILES string of the molecule is CCCCCCCCCCCCCCCC(=O)Nc1ccc(NC(=O)C(C(C)=O)n2ncc3cc(C)ccc32)c(Cl)c1. The van der Waals surface area contributed by atoms with Crippen LogP contribution >= 0.6 is 11.6 Å². The molecule has 0 aliphatic carbocycles. The van der Waals surface area contributed by atoms with Gasteiger partial charge in [0.15, 0.2) is 11.8 Å². The Hall–Kier alpha value is -3.19. The number of hydrogen-bond acceptors (Lipinski definition) is 4. The van der Waals surface area contributed by atoms with Gasteiger partial charge in [0.1, 0.15) is 0 Å². The minimum absolute atomic E-state index is 0.0524. The van der Waals surface area contributed by atoms with Crippen LogP contribution in [-0.4, -0.2) is 27.4 Å². The molecule has 0 aliphatic rings. The molecule has 0 fully saturated rings. The van der Waals surface area contributed by atoms with Gasteiger partial charge in [-0.05, 0) is 50.6 Å². The van der Waals surface area contributed by atoms with Crippen molar-refractivity contribution in [3.05, 3.63) is 53.2 Å². The lowest BCUT2D eigenvalue weighted by Crippen LogP contribution is -2.32. The number of benzene rings is 2. The third kappa shape index (κ3) is 10.6. The molecule has 1 atom stereocenters. The van der Waals surface area contributed by atoms with Gasteiger partial charge in [0.05, 0.1) is 22.4 Å². The Morgan fingerprint density at radius 1 is 0.833 bits per heavy atom. The normalized spacial score (nSPS) is 11.9. The summed E-state index contributed by atoms with van der Waals surface area (Å²) >= 11 is 6.44. The number of Topliss-reactive ketones (excluding diaryl/α,β-unsaturated/α-hetero) is 1. The van der Waals surface area contributed by atoms with E-state index in [0.29, 0.717) is 23.3 Å². The van der Waals surface area contributed by atoms with Crippen molar-refractivity contribution in [1.29, 1.82) is 0 Å². The fourth-order valence-electron chi connectivity index (χ4n) is 5.27. The smallest absolute Gasteiger partial charge is 0.256 e. The summed E-state index contributed by atoms with van der Waals surface area (Å²) in [5.41, 5.74) is 2.68. The van der Waals surface area contributed by atoms with Gasteiger partial charge in [-0.25, -0.2) is 4.68 Å². The van der Waals surface area contributed by atoms with Crippen LogP contribution in [0.3, 0.4) is 0 Å². The van der Waals surface area contributed by atoms with Crippen LogP contribution in [0.4, 0.5) is 11.4 Å². The van der Waals surface area contributed by atoms with Crippen molar-refractivity contribution in [3.63, 3.8) is 0 Å². The van der Waals surface area contributed by atoms with Gasteiger partial charge in [-0.1, -0.05) is 107 Å². The molecule has 1 unspecified atom stereocenters. The van der Waals surface area contributed by atoms with Gasteiger partial charge in [0.25, 0.3) is 5.91 Å². The number of carbonyl (C=O) groups is 3. The lowest BCUT2D eigenvalue weighted by Gasteiger charge is -2.17. The van der Waals surface area contributed by atoms with E-state index in [-0.39, 0.29) is 16.7 Å². The molecular weight excluding hydrogens is 548 g/mol. The van der Waals surface area contributed by atoms with Crippen molar-refractivity contribution in [2.75, 3.05) is 10.6 Å². The van der Waals surface area contributed by atoms with Crippen molar-refractivity contribution in [2.45, 2.75) is 117 Å². The summed E-state index contributed by atoms with van der Waals surface area (Å²) < 4.78 is 1.44. The molecule has 1 aromatic heterocycles. The van der Waals surface area contributed by atoms with Crippen molar-refractivity contribution < 1.29 is 14.4 Å². The number of hydrogen-bond donors (Lipinski definition) is 2. The largest absolute Gasteiger partial charge is 0.326 e. The van der Waals surface area contributed by atoms with E-state index < -0.39 is 11.9 Å². The van der Waals surface area contributed by atoms with Crippen LogP contribution in [0.2, 0.25) is 5.02 Å². The molecule has 0 radical (unpaired) electrons. The lowest BCUT2D eigenvalue weighted by molar-refractivity contribution is -0.129. The Morgan fingerprint density at radius 2 is 1.45 bits per heavy atom. The number of anilines is 2. The first-order valence-corrected chi connectivity index (χ1v) is 16.0. The highest BCUT2D eigenvalue weighted by Gasteiger charge is 2.28. The molecule has 3 rings (SSSR count). The van der Waals surface area contributed by atoms with Crippen LogP contribution < -0.4 is 10.6 Å². The molecule has 2 aromatic carbocycles. The first-order chi connectivity index (χ1) is 20.3. The maximum absolute atomic E-state index is 13.2. The van der Waals surface area contributed by atoms with Crippen LogP contribution in [0, 0.1) is 6.92 Å². The van der Waals surface area contributed by atoms with Crippen molar-refractivity contribution >= 4 is 51.5 Å². The first-order valence-electron chi connectivity index (χ1n) is 15.6. The third-order valence-corrected chi connectivity index (χ3v) is 7.96. The number of amides is 2. The van der Waals surface area contributed by atoms with E-state index >= 15 is 0 Å². The summed E-state index contributed by atoms with van der Waals surface area (Å²) in [5.74, 6) is -0.927. The fourth-order valence-corrected chi connectivity index (χ4v) is 5.50. The maximum atomic E-state index is 13.2. The van der Waals surface area contributed by atoms with E-state index in [1.54, 1.807) is 24.4 Å². The molecule has 0 aliphatic heterocycles. The molecular formula is C34H47ClN4O3. The van der Waals surface area contributed by atoms with Gasteiger partial charge in [0, 0.05) is 17.5 Å². The summed E-state index contributed by atoms with van der Waals surface area (Å²) in [7, 11) is 0. The second-order valence-electron chi connectivity index (χ2n) is 11.4. The van der Waals surface area contributed by atoms with Gasteiger partial charge in [0.2, 0.25) is 5.91 Å². The highest BCUT2D eigenvalue weighted by Crippen LogP contribution is 2.28. The molecule has 7 nitrogen and oxygen atoms in total. The van der Waals surface area contributed by atoms with Gasteiger partial charge < -0.3 is 10.6 Å². The Morgan fingerprint density at radius 3 is 2.05 bits per heavy atom. The minimum Gasteiger partial charge on any atom is -0.326 e. The zero-order valence-corrected chi connectivity index (χ0v) is 26.3. The number of nitrogens with one attached hydrogen (secondary N) is 2. The van der Waals surface area contributed by atoms with Crippen LogP contribution in [0.25, 0.3) is 10.9 Å². The monoisotopic (exact) mass is 594 g/mol. The van der Waals surface area contributed by atoms with Crippen molar-refractivity contribution in [3.8, 4) is 0 Å². The number of aryl methyl sites for hydroxylation is 1. The minimum atomic E-state index is -1.14. The number of fused-ring (bicyclic) bond motifs is 1. The van der Waals surface area contributed by atoms with Crippen LogP contribution in [0.5, 0.6) is 0 Å². The number of nitrogens with zero attached hydrogens (tertiary/aromatic N) is 2. The molecule has 0 spiro atoms. The molecule has 0 bridgehead atoms. The molecule has 42 heavy (non-hydrogen) atoms. The molecule has 2 N–H and O–H groups in total. The summed E-state index contributed by atoms with van der Waals surface area (Å²) in [6, 6.07) is 9.51. The van der Waals surface area contributed by atoms with E-state index in [2.05, 4.69) is 22.7 Å². The van der Waals surface area contributed by atoms with E-state index in [1.807, 2.05) is 25.1 Å². The molecule has 0 saturated carbocycles. The summed E-state index contributed by atoms with van der Waals surface area (Å²) in [6.45, 7) is 5.59. The quantitative estimate of drug-likeness (QED) is 0.107. The predicted molar refractivity (Wildman–Crippen MR) is 173 cm³/mol. The second-order valence-corrected chi connectivity index (χ2v) is 11.8. The van der Waals surface area contributed by atoms with Gasteiger partial charge in [-0.2, -0.15) is 5.10 Å². The van der Waals surface area contributed by atoms with E-state index in [9.17, 15) is 14.4 Å². The summed E-state index contributed by atoms with van der Waals surface area (Å²) in [5, 5.41) is 11.1. The van der Waals surface area contributed by atoms with Crippen molar-refractivity contribution in [2.24, 2.45) is 0 Å². The van der Waals surface area contributed by atoms with Crippen LogP contribution in [0.1, 0.15) is 115 Å². The van der Waals surface area contributed by atoms with Crippen molar-refractivity contribution in [1.82, 2.24) is 9.78 Å². The van der Waals surface area contributed by atoms with Crippen LogP contribution in [-0.2, 0) is 14.4 Å². The number of unbranched alkanes of at least 4 members (excludes halogenated alkanes) is 12. The Labute approximate surface area is 255 Å². The molecule has 2 amide bonds. The first kappa shape index (κ1) is 33.3. The molecule has 1 heterocycles. The zero-order chi connectivity index (χ0) is 30.3. The highest BCUT2D eigenvalue weighted by molar-refractivity contribution is 6.34. The highest BCUT2D eigenvalue weighted by atomic mass is 35.5. The molecule has 228 valence electrons. The van der Waals surface area contributed by atoms with E-state index in [0.717, 1.165) is 23.8 Å². The Kier molecular flexibility index (Phi) is 14.0. The number of ketones is 1. The fraction of sp³-hybridized carbons (Fsp3) is 0.529. The van der Waals surface area contributed by atoms with Crippen LogP contribution in [0.15, 0.2) is 42.6 Å². The average molecular weight is 595 g/mol. The van der Waals surface area contributed by atoms with Gasteiger partial charge >= 0.3 is 0 Å². The van der Waals surface area contributed by atoms with E-state index in [4.69, 9.17) is 11.6 Å². The van der Waals surface area contributed by atoms with Gasteiger partial charge in [-0.15, -0.1) is 0 Å². The Balaban J connectivity index is 1.39. The third-order valence-electron chi connectivity index (χ3n) is 7.65. The van der Waals surface area contributed by atoms with E-state index in [1.165, 1.54) is 82.2 Å². The summed E-state index contributed by atoms with van der Waals surface area (Å²) in [4.78, 5) is 38.1. The lowest BCUT2D eigenvalue weighted by atomic mass is 10.0. The van der Waals surface area contributed by atoms with Gasteiger partial charge in [-0.3, -0.25) is 14.4 Å². The molecule has 3 aromatic rings. The number of halogens is 1. The maximum Gasteiger partial charge on any atom is 0.256 e. The Bertz CT molecular complexity index is 1320.